The Morgan fingerprint density at radius 2 is 2.22 bits per heavy atom. The van der Waals surface area contributed by atoms with E-state index in [0.717, 1.165) is 11.3 Å². The number of rotatable bonds is 3. The van der Waals surface area contributed by atoms with Gasteiger partial charge in [-0.25, -0.2) is 4.98 Å². The molecule has 0 aliphatic rings. The number of fused-ring (bicyclic) bond motifs is 1. The molecule has 0 aliphatic heterocycles. The second-order valence-corrected chi connectivity index (χ2v) is 5.73. The number of nitro groups is 1. The maximum atomic E-state index is 12.4. The molecule has 0 fully saturated rings. The number of carbonyl (C=O) groups excluding carboxylic acids is 1. The summed E-state index contributed by atoms with van der Waals surface area (Å²) in [6.45, 7) is 1.66. The Morgan fingerprint density at radius 1 is 1.43 bits per heavy atom. The molecule has 0 aliphatic carbocycles. The first-order valence-electron chi connectivity index (χ1n) is 6.50. The first-order chi connectivity index (χ1) is 11.0. The summed E-state index contributed by atoms with van der Waals surface area (Å²) >= 11 is 1.10. The van der Waals surface area contributed by atoms with E-state index in [1.54, 1.807) is 13.0 Å². The molecule has 0 radical (unpaired) electrons. The second-order valence-electron chi connectivity index (χ2n) is 4.73. The summed E-state index contributed by atoms with van der Waals surface area (Å²) in [4.78, 5) is 41.8. The Bertz CT molecular complexity index is 992. The van der Waals surface area contributed by atoms with Crippen LogP contribution in [0.3, 0.4) is 0 Å². The van der Waals surface area contributed by atoms with Crippen LogP contribution in [0.1, 0.15) is 15.2 Å². The predicted molar refractivity (Wildman–Crippen MR) is 86.0 cm³/mol. The molecule has 0 bridgehead atoms. The van der Waals surface area contributed by atoms with E-state index < -0.39 is 10.8 Å². The Balaban J connectivity index is 1.97. The first-order valence-corrected chi connectivity index (χ1v) is 7.31. The molecule has 0 spiro atoms. The van der Waals surface area contributed by atoms with Gasteiger partial charge in [0.25, 0.3) is 17.2 Å². The Hall–Kier alpha value is -3.07. The fourth-order valence-corrected chi connectivity index (χ4v) is 3.23. The highest BCUT2D eigenvalue weighted by Crippen LogP contribution is 2.27. The zero-order valence-electron chi connectivity index (χ0n) is 11.8. The topological polar surface area (TPSA) is 118 Å². The first kappa shape index (κ1) is 14.9. The van der Waals surface area contributed by atoms with Gasteiger partial charge in [0, 0.05) is 17.8 Å². The van der Waals surface area contributed by atoms with Gasteiger partial charge in [-0.2, -0.15) is 0 Å². The van der Waals surface area contributed by atoms with Crippen molar-refractivity contribution in [3.63, 3.8) is 0 Å². The van der Waals surface area contributed by atoms with Crippen molar-refractivity contribution in [2.45, 2.75) is 6.92 Å². The number of nitrogens with zero attached hydrogens (tertiary/aromatic N) is 2. The molecule has 23 heavy (non-hydrogen) atoms. The van der Waals surface area contributed by atoms with E-state index >= 15 is 0 Å². The molecule has 0 atom stereocenters. The number of nitro benzene ring substituents is 1. The molecule has 116 valence electrons. The van der Waals surface area contributed by atoms with Crippen LogP contribution in [0.25, 0.3) is 10.2 Å². The molecular formula is C14H10N4O4S. The van der Waals surface area contributed by atoms with E-state index in [-0.39, 0.29) is 11.2 Å². The summed E-state index contributed by atoms with van der Waals surface area (Å²) in [5, 5.41) is 13.7. The van der Waals surface area contributed by atoms with Gasteiger partial charge in [-0.1, -0.05) is 6.07 Å². The average Bonchev–Trinajstić information content (AvgIpc) is 2.86. The summed E-state index contributed by atoms with van der Waals surface area (Å²) < 4.78 is 0. The van der Waals surface area contributed by atoms with Crippen molar-refractivity contribution in [3.8, 4) is 0 Å². The smallest absolute Gasteiger partial charge is 0.271 e. The average molecular weight is 330 g/mol. The summed E-state index contributed by atoms with van der Waals surface area (Å²) in [5.41, 5.74) is 0.414. The highest BCUT2D eigenvalue weighted by Gasteiger charge is 2.19. The van der Waals surface area contributed by atoms with Crippen LogP contribution in [0.4, 0.5) is 11.4 Å². The van der Waals surface area contributed by atoms with Crippen molar-refractivity contribution in [1.82, 2.24) is 9.97 Å². The summed E-state index contributed by atoms with van der Waals surface area (Å²) in [6.07, 6.45) is 1.28. The van der Waals surface area contributed by atoms with Crippen LogP contribution >= 0.6 is 11.3 Å². The minimum Gasteiger partial charge on any atom is -0.321 e. The second kappa shape index (κ2) is 5.61. The highest BCUT2D eigenvalue weighted by atomic mass is 32.1. The molecule has 9 heteroatoms. The lowest BCUT2D eigenvalue weighted by molar-refractivity contribution is -0.384. The molecule has 2 heterocycles. The fraction of sp³-hybridized carbons (Fsp3) is 0.0714. The number of carbonyl (C=O) groups is 1. The molecular weight excluding hydrogens is 320 g/mol. The van der Waals surface area contributed by atoms with Crippen LogP contribution in [0.15, 0.2) is 35.4 Å². The molecule has 0 saturated heterocycles. The third-order valence-electron chi connectivity index (χ3n) is 3.25. The number of anilines is 1. The number of amides is 1. The third-order valence-corrected chi connectivity index (χ3v) is 4.45. The number of thiophene rings is 1. The lowest BCUT2D eigenvalue weighted by Crippen LogP contribution is -2.12. The van der Waals surface area contributed by atoms with Gasteiger partial charge in [0.1, 0.15) is 4.83 Å². The number of H-pyrrole nitrogens is 1. The predicted octanol–water partition coefficient (Wildman–Crippen LogP) is 2.45. The van der Waals surface area contributed by atoms with Gasteiger partial charge in [0.2, 0.25) is 0 Å². The normalized spacial score (nSPS) is 10.7. The maximum absolute atomic E-state index is 12.4. The van der Waals surface area contributed by atoms with Crippen molar-refractivity contribution in [1.29, 1.82) is 0 Å². The number of aromatic nitrogens is 2. The SMILES string of the molecule is Cc1c(C(=O)Nc2cccc([N+](=O)[O-])c2)sc2nc[nH]c(=O)c12. The fourth-order valence-electron chi connectivity index (χ4n) is 2.18. The quantitative estimate of drug-likeness (QED) is 0.565. The molecule has 1 amide bonds. The monoisotopic (exact) mass is 330 g/mol. The van der Waals surface area contributed by atoms with Crippen LogP contribution in [-0.4, -0.2) is 20.8 Å². The number of aromatic amines is 1. The summed E-state index contributed by atoms with van der Waals surface area (Å²) in [7, 11) is 0. The molecule has 8 nitrogen and oxygen atoms in total. The van der Waals surface area contributed by atoms with E-state index in [0.29, 0.717) is 26.3 Å². The Labute approximate surface area is 133 Å². The maximum Gasteiger partial charge on any atom is 0.271 e. The molecule has 2 aromatic heterocycles. The van der Waals surface area contributed by atoms with Gasteiger partial charge < -0.3 is 10.3 Å². The van der Waals surface area contributed by atoms with Crippen molar-refractivity contribution >= 4 is 38.8 Å². The van der Waals surface area contributed by atoms with Crippen LogP contribution < -0.4 is 10.9 Å². The van der Waals surface area contributed by atoms with Gasteiger partial charge >= 0.3 is 0 Å². The van der Waals surface area contributed by atoms with Gasteiger partial charge in [-0.3, -0.25) is 19.7 Å². The summed E-state index contributed by atoms with van der Waals surface area (Å²) in [6, 6.07) is 5.64. The molecule has 3 rings (SSSR count). The number of aryl methyl sites for hydroxylation is 1. The van der Waals surface area contributed by atoms with Gasteiger partial charge in [-0.05, 0) is 18.6 Å². The van der Waals surface area contributed by atoms with E-state index in [1.165, 1.54) is 24.5 Å². The largest absolute Gasteiger partial charge is 0.321 e. The van der Waals surface area contributed by atoms with Crippen LogP contribution in [0.5, 0.6) is 0 Å². The molecule has 2 N–H and O–H groups in total. The minimum absolute atomic E-state index is 0.117. The van der Waals surface area contributed by atoms with Crippen LogP contribution in [0, 0.1) is 17.0 Å². The van der Waals surface area contributed by atoms with E-state index in [9.17, 15) is 19.7 Å². The zero-order chi connectivity index (χ0) is 16.6. The van der Waals surface area contributed by atoms with E-state index in [2.05, 4.69) is 15.3 Å². The number of hydrogen-bond acceptors (Lipinski definition) is 6. The molecule has 0 saturated carbocycles. The minimum atomic E-state index is -0.538. The number of hydrogen-bond donors (Lipinski definition) is 2. The van der Waals surface area contributed by atoms with Crippen molar-refractivity contribution < 1.29 is 9.72 Å². The molecule has 1 aromatic carbocycles. The lowest BCUT2D eigenvalue weighted by Gasteiger charge is -2.04. The van der Waals surface area contributed by atoms with Crippen LogP contribution in [0.2, 0.25) is 0 Å². The standard InChI is InChI=1S/C14H10N4O4S/c1-7-10-12(19)15-6-16-14(10)23-11(7)13(20)17-8-3-2-4-9(5-8)18(21)22/h2-6H,1H3,(H,17,20)(H,15,16,19). The van der Waals surface area contributed by atoms with Crippen molar-refractivity contribution in [2.75, 3.05) is 5.32 Å². The zero-order valence-corrected chi connectivity index (χ0v) is 12.6. The van der Waals surface area contributed by atoms with E-state index in [1.807, 2.05) is 0 Å². The van der Waals surface area contributed by atoms with E-state index in [4.69, 9.17) is 0 Å². The summed E-state index contributed by atoms with van der Waals surface area (Å²) in [5.74, 6) is -0.439. The van der Waals surface area contributed by atoms with Gasteiger partial charge in [-0.15, -0.1) is 11.3 Å². The highest BCUT2D eigenvalue weighted by molar-refractivity contribution is 7.20. The lowest BCUT2D eigenvalue weighted by atomic mass is 10.2. The Kier molecular flexibility index (Phi) is 3.62. The molecule has 0 unspecified atom stereocenters. The van der Waals surface area contributed by atoms with Crippen molar-refractivity contribution in [3.05, 3.63) is 61.5 Å². The molecule has 3 aromatic rings. The number of benzene rings is 1. The van der Waals surface area contributed by atoms with Crippen LogP contribution in [-0.2, 0) is 0 Å². The van der Waals surface area contributed by atoms with Gasteiger partial charge in [0.15, 0.2) is 0 Å². The third kappa shape index (κ3) is 2.69. The number of nitrogens with one attached hydrogen (secondary N) is 2. The number of non-ortho nitro benzene ring substituents is 1. The van der Waals surface area contributed by atoms with Crippen molar-refractivity contribution in [2.24, 2.45) is 0 Å². The Morgan fingerprint density at radius 3 is 2.91 bits per heavy atom. The van der Waals surface area contributed by atoms with Gasteiger partial charge in [0.05, 0.1) is 21.5 Å².